The Morgan fingerprint density at radius 2 is 0.983 bits per heavy atom. The van der Waals surface area contributed by atoms with Crippen molar-refractivity contribution < 1.29 is 38.2 Å². The van der Waals surface area contributed by atoms with Gasteiger partial charge in [-0.15, -0.1) is 0 Å². The van der Waals surface area contributed by atoms with Gasteiger partial charge in [0.25, 0.3) is 0 Å². The number of carbonyl (C=O) groups is 3. The van der Waals surface area contributed by atoms with E-state index in [1.165, 1.54) is 89.9 Å². The molecule has 8 heteroatoms. The van der Waals surface area contributed by atoms with Gasteiger partial charge in [0.2, 0.25) is 0 Å². The Hall–Kier alpha value is -2.97. The number of hydrogen-bond acceptors (Lipinski definition) is 7. The van der Waals surface area contributed by atoms with E-state index >= 15 is 0 Å². The average molecular weight is 814 g/mol. The molecular formula is C50H87NO7. The van der Waals surface area contributed by atoms with E-state index < -0.39 is 18.1 Å². The lowest BCUT2D eigenvalue weighted by molar-refractivity contribution is -0.889. The van der Waals surface area contributed by atoms with Crippen molar-refractivity contribution in [3.8, 4) is 0 Å². The van der Waals surface area contributed by atoms with Crippen LogP contribution in [0.1, 0.15) is 187 Å². The number of rotatable bonds is 41. The predicted molar refractivity (Wildman–Crippen MR) is 240 cm³/mol. The summed E-state index contributed by atoms with van der Waals surface area (Å²) in [6, 6.07) is -0.732. The maximum absolute atomic E-state index is 12.7. The largest absolute Gasteiger partial charge is 0.544 e. The molecular weight excluding hydrogens is 727 g/mol. The Morgan fingerprint density at radius 1 is 0.534 bits per heavy atom. The number of unbranched alkanes of at least 4 members (excludes halogenated alkanes) is 20. The van der Waals surface area contributed by atoms with E-state index in [0.29, 0.717) is 12.8 Å². The van der Waals surface area contributed by atoms with Crippen LogP contribution in [0.2, 0.25) is 0 Å². The molecule has 0 aliphatic carbocycles. The normalized spacial score (nSPS) is 13.5. The zero-order valence-electron chi connectivity index (χ0n) is 37.9. The summed E-state index contributed by atoms with van der Waals surface area (Å²) in [7, 11) is 5.40. The van der Waals surface area contributed by atoms with Crippen molar-refractivity contribution in [1.82, 2.24) is 0 Å². The number of carboxylic acids is 1. The summed E-state index contributed by atoms with van der Waals surface area (Å²) in [5.74, 6) is -1.77. The SMILES string of the molecule is CC/C=C/C=C/C=C/C=C/CCCCCCCC(=O)OCC(COCCC(C(=O)[O-])[N+](C)(C)C)OC(=O)CCCCCCCCC/C=C/CCCCCCCCCC. The quantitative estimate of drug-likeness (QED) is 0.0199. The summed E-state index contributed by atoms with van der Waals surface area (Å²) in [6.45, 7) is 4.50. The standard InChI is InChI=1S/C50H87NO7/c1-6-8-10-12-14-16-18-20-22-23-24-25-27-29-31-33-35-37-39-41-49(53)58-46(44-56-43-42-47(50(54)55)51(3,4)5)45-57-48(52)40-38-36-34-32-30-28-26-21-19-17-15-13-11-9-7-2/h9,11,13,15,17,19,21,23-24,26,46-47H,6-8,10,12,14,16,18,20,22,25,27-45H2,1-5H3/b11-9+,15-13+,19-17+,24-23+,26-21+. The van der Waals surface area contributed by atoms with E-state index in [0.717, 1.165) is 64.2 Å². The number of hydrogen-bond donors (Lipinski definition) is 0. The van der Waals surface area contributed by atoms with Gasteiger partial charge < -0.3 is 28.6 Å². The van der Waals surface area contributed by atoms with Gasteiger partial charge >= 0.3 is 11.9 Å². The molecule has 0 aromatic carbocycles. The number of carbonyl (C=O) groups excluding carboxylic acids is 3. The molecule has 8 nitrogen and oxygen atoms in total. The van der Waals surface area contributed by atoms with Crippen LogP contribution in [-0.2, 0) is 28.6 Å². The molecule has 2 unspecified atom stereocenters. The number of nitrogens with zero attached hydrogens (tertiary/aromatic N) is 1. The minimum Gasteiger partial charge on any atom is -0.544 e. The summed E-state index contributed by atoms with van der Waals surface area (Å²) in [5, 5.41) is 11.6. The molecule has 58 heavy (non-hydrogen) atoms. The van der Waals surface area contributed by atoms with Gasteiger partial charge in [0, 0.05) is 19.3 Å². The zero-order chi connectivity index (χ0) is 42.8. The highest BCUT2D eigenvalue weighted by Gasteiger charge is 2.25. The van der Waals surface area contributed by atoms with Gasteiger partial charge in [-0.25, -0.2) is 0 Å². The number of quaternary nitrogens is 1. The molecule has 0 saturated carbocycles. The van der Waals surface area contributed by atoms with Crippen LogP contribution in [-0.4, -0.2) is 75.5 Å². The average Bonchev–Trinajstić information content (AvgIpc) is 3.18. The number of allylic oxidation sites excluding steroid dienone is 10. The number of ether oxygens (including phenoxy) is 3. The van der Waals surface area contributed by atoms with Gasteiger partial charge in [-0.3, -0.25) is 9.59 Å². The van der Waals surface area contributed by atoms with E-state index in [1.807, 2.05) is 24.3 Å². The molecule has 0 bridgehead atoms. The third kappa shape index (κ3) is 38.5. The molecule has 0 heterocycles. The van der Waals surface area contributed by atoms with Crippen molar-refractivity contribution in [2.45, 2.75) is 199 Å². The first-order valence-corrected chi connectivity index (χ1v) is 23.4. The Labute approximate surface area is 356 Å². The lowest BCUT2D eigenvalue weighted by Gasteiger charge is -2.34. The predicted octanol–water partition coefficient (Wildman–Crippen LogP) is 11.6. The summed E-state index contributed by atoms with van der Waals surface area (Å²) < 4.78 is 17.2. The maximum atomic E-state index is 12.7. The Bertz CT molecular complexity index is 1130. The minimum absolute atomic E-state index is 0.0293. The first-order chi connectivity index (χ1) is 28.1. The van der Waals surface area contributed by atoms with Gasteiger partial charge in [0.15, 0.2) is 6.10 Å². The van der Waals surface area contributed by atoms with E-state index in [-0.39, 0.29) is 42.7 Å². The first kappa shape index (κ1) is 55.0. The van der Waals surface area contributed by atoms with Crippen molar-refractivity contribution in [2.24, 2.45) is 0 Å². The van der Waals surface area contributed by atoms with Crippen LogP contribution in [0.5, 0.6) is 0 Å². The summed E-state index contributed by atoms with van der Waals surface area (Å²) in [6.07, 6.45) is 49.6. The van der Waals surface area contributed by atoms with Crippen LogP contribution < -0.4 is 5.11 Å². The zero-order valence-corrected chi connectivity index (χ0v) is 37.9. The van der Waals surface area contributed by atoms with E-state index in [1.54, 1.807) is 21.1 Å². The molecule has 334 valence electrons. The van der Waals surface area contributed by atoms with Crippen molar-refractivity contribution in [3.05, 3.63) is 60.8 Å². The second-order valence-corrected chi connectivity index (χ2v) is 16.7. The highest BCUT2D eigenvalue weighted by Crippen LogP contribution is 2.14. The molecule has 0 spiro atoms. The molecule has 0 aromatic rings. The molecule has 0 fully saturated rings. The van der Waals surface area contributed by atoms with Gasteiger partial charge in [-0.1, -0.05) is 171 Å². The highest BCUT2D eigenvalue weighted by atomic mass is 16.6. The van der Waals surface area contributed by atoms with Crippen LogP contribution in [0.25, 0.3) is 0 Å². The van der Waals surface area contributed by atoms with Crippen LogP contribution in [0.4, 0.5) is 0 Å². The van der Waals surface area contributed by atoms with Crippen LogP contribution in [0, 0.1) is 0 Å². The number of aliphatic carboxylic acids is 1. The molecule has 0 radical (unpaired) electrons. The summed E-state index contributed by atoms with van der Waals surface area (Å²) in [5.41, 5.74) is 0. The van der Waals surface area contributed by atoms with Crippen molar-refractivity contribution >= 4 is 17.9 Å². The molecule has 0 N–H and O–H groups in total. The smallest absolute Gasteiger partial charge is 0.306 e. The molecule has 0 aliphatic rings. The van der Waals surface area contributed by atoms with Gasteiger partial charge in [-0.2, -0.15) is 0 Å². The highest BCUT2D eigenvalue weighted by molar-refractivity contribution is 5.70. The van der Waals surface area contributed by atoms with E-state index in [9.17, 15) is 19.5 Å². The molecule has 0 aliphatic heterocycles. The van der Waals surface area contributed by atoms with E-state index in [2.05, 4.69) is 50.3 Å². The third-order valence-electron chi connectivity index (χ3n) is 10.2. The van der Waals surface area contributed by atoms with Crippen molar-refractivity contribution in [3.63, 3.8) is 0 Å². The van der Waals surface area contributed by atoms with Crippen LogP contribution in [0.3, 0.4) is 0 Å². The van der Waals surface area contributed by atoms with E-state index in [4.69, 9.17) is 14.2 Å². The topological polar surface area (TPSA) is 102 Å². The number of esters is 2. The third-order valence-corrected chi connectivity index (χ3v) is 10.2. The van der Waals surface area contributed by atoms with Gasteiger partial charge in [0.05, 0.1) is 40.3 Å². The second kappa shape index (κ2) is 40.8. The van der Waals surface area contributed by atoms with Crippen molar-refractivity contribution in [1.29, 1.82) is 0 Å². The first-order valence-electron chi connectivity index (χ1n) is 23.4. The van der Waals surface area contributed by atoms with Crippen LogP contribution in [0.15, 0.2) is 60.8 Å². The number of likely N-dealkylation sites (N-methyl/N-ethyl adjacent to an activating group) is 1. The molecule has 0 amide bonds. The lowest BCUT2D eigenvalue weighted by atomic mass is 10.1. The second-order valence-electron chi connectivity index (χ2n) is 16.7. The Balaban J connectivity index is 4.34. The Kier molecular flexibility index (Phi) is 38.7. The Morgan fingerprint density at radius 3 is 1.48 bits per heavy atom. The monoisotopic (exact) mass is 814 g/mol. The maximum Gasteiger partial charge on any atom is 0.306 e. The lowest BCUT2D eigenvalue weighted by Crippen LogP contribution is -2.55. The molecule has 0 saturated heterocycles. The fourth-order valence-electron chi connectivity index (χ4n) is 6.61. The van der Waals surface area contributed by atoms with Crippen LogP contribution >= 0.6 is 0 Å². The molecule has 2 atom stereocenters. The minimum atomic E-state index is -1.13. The summed E-state index contributed by atoms with van der Waals surface area (Å²) >= 11 is 0. The molecule has 0 rings (SSSR count). The van der Waals surface area contributed by atoms with Gasteiger partial charge in [-0.05, 0) is 57.8 Å². The fraction of sp³-hybridized carbons (Fsp3) is 0.740. The van der Waals surface area contributed by atoms with Crippen molar-refractivity contribution in [2.75, 3.05) is 41.0 Å². The number of carboxylic acid groups (broad SMARTS) is 1. The fourth-order valence-corrected chi connectivity index (χ4v) is 6.61. The van der Waals surface area contributed by atoms with Gasteiger partial charge in [0.1, 0.15) is 12.6 Å². The summed E-state index contributed by atoms with van der Waals surface area (Å²) in [4.78, 5) is 36.9. The molecule has 0 aromatic heterocycles.